The highest BCUT2D eigenvalue weighted by Gasteiger charge is 2.29. The molecule has 2 aromatic rings. The monoisotopic (exact) mass is 443 g/mol. The third-order valence-electron chi connectivity index (χ3n) is 5.66. The Bertz CT molecular complexity index is 1020. The van der Waals surface area contributed by atoms with Crippen molar-refractivity contribution < 1.29 is 13.2 Å². The standard InChI is InChI=1S/C24H33N3O3S/c1-18-15-19(2)17-22(16-18)27(31(4,29)30)20(3)24(28)25-12-8-14-26-13-7-10-21-9-5-6-11-23(21)26/h5-6,9,11,15-17,20H,7-8,10,12-14H2,1-4H3,(H,25,28)/t20-/m0/s1. The van der Waals surface area contributed by atoms with Gasteiger partial charge < -0.3 is 10.2 Å². The number of amides is 1. The molecule has 7 heteroatoms. The van der Waals surface area contributed by atoms with Gasteiger partial charge >= 0.3 is 0 Å². The van der Waals surface area contributed by atoms with Crippen molar-refractivity contribution in [2.45, 2.75) is 46.1 Å². The van der Waals surface area contributed by atoms with Crippen LogP contribution in [-0.4, -0.2) is 46.3 Å². The summed E-state index contributed by atoms with van der Waals surface area (Å²) in [5, 5.41) is 2.93. The van der Waals surface area contributed by atoms with E-state index in [1.54, 1.807) is 19.1 Å². The molecule has 1 atom stereocenters. The summed E-state index contributed by atoms with van der Waals surface area (Å²) in [5.41, 5.74) is 5.10. The number of para-hydroxylation sites is 1. The summed E-state index contributed by atoms with van der Waals surface area (Å²) >= 11 is 0. The van der Waals surface area contributed by atoms with Crippen LogP contribution in [0.5, 0.6) is 0 Å². The maximum absolute atomic E-state index is 12.8. The zero-order valence-electron chi connectivity index (χ0n) is 18.9. The molecular weight excluding hydrogens is 410 g/mol. The van der Waals surface area contributed by atoms with Crippen LogP contribution in [0.1, 0.15) is 36.5 Å². The highest BCUT2D eigenvalue weighted by atomic mass is 32.2. The van der Waals surface area contributed by atoms with Crippen LogP contribution in [0.15, 0.2) is 42.5 Å². The summed E-state index contributed by atoms with van der Waals surface area (Å²) in [5.74, 6) is -0.288. The number of hydrogen-bond acceptors (Lipinski definition) is 4. The first kappa shape index (κ1) is 23.1. The van der Waals surface area contributed by atoms with Crippen molar-refractivity contribution in [2.24, 2.45) is 0 Å². The summed E-state index contributed by atoms with van der Waals surface area (Å²) in [7, 11) is -3.61. The highest BCUT2D eigenvalue weighted by molar-refractivity contribution is 7.92. The van der Waals surface area contributed by atoms with Gasteiger partial charge in [0.05, 0.1) is 11.9 Å². The number of carbonyl (C=O) groups excluding carboxylic acids is 1. The van der Waals surface area contributed by atoms with Gasteiger partial charge in [0.25, 0.3) is 0 Å². The van der Waals surface area contributed by atoms with E-state index in [-0.39, 0.29) is 5.91 Å². The molecular formula is C24H33N3O3S. The molecule has 2 aromatic carbocycles. The van der Waals surface area contributed by atoms with E-state index in [1.165, 1.54) is 15.6 Å². The van der Waals surface area contributed by atoms with Gasteiger partial charge in [0, 0.05) is 25.3 Å². The Balaban J connectivity index is 1.60. The number of nitrogens with one attached hydrogen (secondary N) is 1. The summed E-state index contributed by atoms with van der Waals surface area (Å²) in [6, 6.07) is 13.2. The molecule has 0 fully saturated rings. The SMILES string of the molecule is Cc1cc(C)cc(N([C@@H](C)C(=O)NCCCN2CCCc3ccccc32)S(C)(=O)=O)c1. The van der Waals surface area contributed by atoms with Crippen LogP contribution < -0.4 is 14.5 Å². The molecule has 6 nitrogen and oxygen atoms in total. The van der Waals surface area contributed by atoms with E-state index in [9.17, 15) is 13.2 Å². The van der Waals surface area contributed by atoms with Crippen molar-refractivity contribution in [3.8, 4) is 0 Å². The van der Waals surface area contributed by atoms with Gasteiger partial charge in [-0.1, -0.05) is 24.3 Å². The second-order valence-corrected chi connectivity index (χ2v) is 10.3. The Morgan fingerprint density at radius 1 is 1.16 bits per heavy atom. The van der Waals surface area contributed by atoms with Crippen LogP contribution in [0, 0.1) is 13.8 Å². The fourth-order valence-electron chi connectivity index (χ4n) is 4.36. The van der Waals surface area contributed by atoms with Gasteiger partial charge in [0.2, 0.25) is 15.9 Å². The smallest absolute Gasteiger partial charge is 0.243 e. The number of sulfonamides is 1. The second-order valence-electron chi connectivity index (χ2n) is 8.44. The minimum absolute atomic E-state index is 0.288. The molecule has 1 amide bonds. The normalized spacial score (nSPS) is 14.6. The van der Waals surface area contributed by atoms with Crippen molar-refractivity contribution >= 4 is 27.3 Å². The Labute approximate surface area is 186 Å². The van der Waals surface area contributed by atoms with Crippen LogP contribution in [0.3, 0.4) is 0 Å². The number of aryl methyl sites for hydroxylation is 3. The van der Waals surface area contributed by atoms with Crippen LogP contribution in [0.2, 0.25) is 0 Å². The first-order valence-corrected chi connectivity index (χ1v) is 12.7. The van der Waals surface area contributed by atoms with Crippen LogP contribution >= 0.6 is 0 Å². The Morgan fingerprint density at radius 2 is 1.84 bits per heavy atom. The number of benzene rings is 2. The molecule has 1 N–H and O–H groups in total. The predicted octanol–water partition coefficient (Wildman–Crippen LogP) is 3.42. The van der Waals surface area contributed by atoms with Crippen molar-refractivity contribution in [1.82, 2.24) is 5.32 Å². The number of rotatable bonds is 8. The lowest BCUT2D eigenvalue weighted by atomic mass is 10.0. The number of nitrogens with zero attached hydrogens (tertiary/aromatic N) is 2. The van der Waals surface area contributed by atoms with E-state index in [0.717, 1.165) is 49.7 Å². The molecule has 0 aliphatic carbocycles. The van der Waals surface area contributed by atoms with Crippen LogP contribution in [0.25, 0.3) is 0 Å². The van der Waals surface area contributed by atoms with Crippen molar-refractivity contribution in [1.29, 1.82) is 0 Å². The Morgan fingerprint density at radius 3 is 2.52 bits per heavy atom. The topological polar surface area (TPSA) is 69.7 Å². The molecule has 168 valence electrons. The molecule has 3 rings (SSSR count). The van der Waals surface area contributed by atoms with E-state index < -0.39 is 16.1 Å². The molecule has 0 unspecified atom stereocenters. The Kier molecular flexibility index (Phi) is 7.26. The molecule has 1 heterocycles. The lowest BCUT2D eigenvalue weighted by Crippen LogP contribution is -2.48. The van der Waals surface area contributed by atoms with E-state index in [2.05, 4.69) is 34.5 Å². The van der Waals surface area contributed by atoms with E-state index in [1.807, 2.05) is 19.9 Å². The molecule has 31 heavy (non-hydrogen) atoms. The molecule has 1 aliphatic rings. The van der Waals surface area contributed by atoms with Crippen molar-refractivity contribution in [3.05, 3.63) is 59.2 Å². The largest absolute Gasteiger partial charge is 0.371 e. The lowest BCUT2D eigenvalue weighted by molar-refractivity contribution is -0.121. The fraction of sp³-hybridized carbons (Fsp3) is 0.458. The summed E-state index contributed by atoms with van der Waals surface area (Å²) in [6.45, 7) is 7.86. The van der Waals surface area contributed by atoms with Crippen molar-refractivity contribution in [3.63, 3.8) is 0 Å². The third-order valence-corrected chi connectivity index (χ3v) is 6.90. The number of hydrogen-bond donors (Lipinski definition) is 1. The minimum Gasteiger partial charge on any atom is -0.371 e. The molecule has 0 aromatic heterocycles. The highest BCUT2D eigenvalue weighted by Crippen LogP contribution is 2.27. The van der Waals surface area contributed by atoms with Crippen LogP contribution in [-0.2, 0) is 21.2 Å². The average molecular weight is 444 g/mol. The first-order chi connectivity index (χ1) is 14.7. The maximum atomic E-state index is 12.8. The lowest BCUT2D eigenvalue weighted by Gasteiger charge is -2.31. The summed E-state index contributed by atoms with van der Waals surface area (Å²) in [6.07, 6.45) is 4.19. The van der Waals surface area contributed by atoms with Crippen LogP contribution in [0.4, 0.5) is 11.4 Å². The summed E-state index contributed by atoms with van der Waals surface area (Å²) in [4.78, 5) is 15.2. The number of fused-ring (bicyclic) bond motifs is 1. The zero-order chi connectivity index (χ0) is 22.6. The van der Waals surface area contributed by atoms with Crippen molar-refractivity contribution in [2.75, 3.05) is 35.1 Å². The first-order valence-electron chi connectivity index (χ1n) is 10.8. The maximum Gasteiger partial charge on any atom is 0.243 e. The van der Waals surface area contributed by atoms with Gasteiger partial charge in [0.15, 0.2) is 0 Å². The fourth-order valence-corrected chi connectivity index (χ4v) is 5.52. The van der Waals surface area contributed by atoms with Gasteiger partial charge in [0.1, 0.15) is 6.04 Å². The molecule has 0 bridgehead atoms. The van der Waals surface area contributed by atoms with Gasteiger partial charge in [-0.3, -0.25) is 9.10 Å². The molecule has 0 saturated carbocycles. The second kappa shape index (κ2) is 9.73. The number of anilines is 2. The molecule has 1 aliphatic heterocycles. The predicted molar refractivity (Wildman–Crippen MR) is 127 cm³/mol. The molecule has 0 saturated heterocycles. The van der Waals surface area contributed by atoms with E-state index >= 15 is 0 Å². The van der Waals surface area contributed by atoms with Gasteiger partial charge in [-0.2, -0.15) is 0 Å². The number of carbonyl (C=O) groups is 1. The van der Waals surface area contributed by atoms with E-state index in [4.69, 9.17) is 0 Å². The van der Waals surface area contributed by atoms with Gasteiger partial charge in [-0.25, -0.2) is 8.42 Å². The minimum atomic E-state index is -3.61. The zero-order valence-corrected chi connectivity index (χ0v) is 19.7. The molecule has 0 spiro atoms. The van der Waals surface area contributed by atoms with E-state index in [0.29, 0.717) is 12.2 Å². The molecule has 0 radical (unpaired) electrons. The summed E-state index contributed by atoms with van der Waals surface area (Å²) < 4.78 is 26.2. The quantitative estimate of drug-likeness (QED) is 0.635. The third kappa shape index (κ3) is 5.79. The Hall–Kier alpha value is -2.54. The van der Waals surface area contributed by atoms with Gasteiger partial charge in [-0.05, 0) is 74.9 Å². The van der Waals surface area contributed by atoms with Gasteiger partial charge in [-0.15, -0.1) is 0 Å². The average Bonchev–Trinajstić information content (AvgIpc) is 2.69.